The number of allylic oxidation sites excluding steroid dienone is 14. The van der Waals surface area contributed by atoms with Gasteiger partial charge in [0, 0.05) is 19.3 Å². The summed E-state index contributed by atoms with van der Waals surface area (Å²) in [5, 5.41) is 0. The summed E-state index contributed by atoms with van der Waals surface area (Å²) in [5.74, 6) is -0.883. The maximum atomic E-state index is 12.9. The largest absolute Gasteiger partial charge is 0.462 e. The predicted molar refractivity (Wildman–Crippen MR) is 334 cm³/mol. The molecule has 0 saturated heterocycles. The van der Waals surface area contributed by atoms with E-state index in [4.69, 9.17) is 14.2 Å². The lowest BCUT2D eigenvalue weighted by atomic mass is 10.0. The van der Waals surface area contributed by atoms with Gasteiger partial charge in [0.1, 0.15) is 13.2 Å². The van der Waals surface area contributed by atoms with Crippen molar-refractivity contribution in [2.24, 2.45) is 0 Å². The molecule has 0 rings (SSSR count). The molecule has 1 unspecified atom stereocenters. The second kappa shape index (κ2) is 65.1. The SMILES string of the molecule is CC/C=C\C/C=C\C/C=C\C/C=C\CCCCCCCCCCCCCCCCCCCCC(=O)OCC(COC(=O)CCCCCCC/C=C\CCCC)OC(=O)CCCCCCCCC/C=C\C/C=C\CCCCC. The lowest BCUT2D eigenvalue weighted by Crippen LogP contribution is -2.30. The molecule has 6 nitrogen and oxygen atoms in total. The monoisotopic (exact) mass is 1070 g/mol. The molecule has 6 heteroatoms. The molecular weight excluding hydrogens is 949 g/mol. The number of rotatable bonds is 60. The Balaban J connectivity index is 4.15. The van der Waals surface area contributed by atoms with Gasteiger partial charge < -0.3 is 14.2 Å². The molecule has 0 aliphatic rings. The van der Waals surface area contributed by atoms with E-state index in [1.165, 1.54) is 186 Å². The van der Waals surface area contributed by atoms with Crippen molar-refractivity contribution in [1.82, 2.24) is 0 Å². The summed E-state index contributed by atoms with van der Waals surface area (Å²) in [6.07, 6.45) is 86.1. The van der Waals surface area contributed by atoms with E-state index in [1.807, 2.05) is 0 Å². The second-order valence-corrected chi connectivity index (χ2v) is 22.0. The molecule has 0 heterocycles. The van der Waals surface area contributed by atoms with Gasteiger partial charge >= 0.3 is 17.9 Å². The Hall–Kier alpha value is -3.41. The van der Waals surface area contributed by atoms with Gasteiger partial charge in [0.05, 0.1) is 0 Å². The van der Waals surface area contributed by atoms with Crippen LogP contribution in [-0.2, 0) is 28.6 Å². The molecule has 0 fully saturated rings. The van der Waals surface area contributed by atoms with Crippen molar-refractivity contribution in [2.45, 2.75) is 335 Å². The Kier molecular flexibility index (Phi) is 62.2. The van der Waals surface area contributed by atoms with Gasteiger partial charge in [0.15, 0.2) is 6.10 Å². The molecule has 77 heavy (non-hydrogen) atoms. The van der Waals surface area contributed by atoms with Crippen LogP contribution in [0.5, 0.6) is 0 Å². The van der Waals surface area contributed by atoms with Crippen LogP contribution in [0.25, 0.3) is 0 Å². The fourth-order valence-corrected chi connectivity index (χ4v) is 9.39. The molecule has 0 aliphatic heterocycles. The molecule has 1 atom stereocenters. The van der Waals surface area contributed by atoms with Crippen LogP contribution >= 0.6 is 0 Å². The topological polar surface area (TPSA) is 78.9 Å². The van der Waals surface area contributed by atoms with E-state index in [0.717, 1.165) is 103 Å². The lowest BCUT2D eigenvalue weighted by Gasteiger charge is -2.18. The van der Waals surface area contributed by atoms with E-state index in [0.29, 0.717) is 19.3 Å². The molecule has 0 saturated carbocycles. The summed E-state index contributed by atoms with van der Waals surface area (Å²) >= 11 is 0. The van der Waals surface area contributed by atoms with Crippen molar-refractivity contribution < 1.29 is 28.6 Å². The highest BCUT2D eigenvalue weighted by Crippen LogP contribution is 2.17. The highest BCUT2D eigenvalue weighted by Gasteiger charge is 2.19. The number of esters is 3. The molecule has 0 aromatic heterocycles. The second-order valence-electron chi connectivity index (χ2n) is 22.0. The van der Waals surface area contributed by atoms with Gasteiger partial charge in [-0.3, -0.25) is 14.4 Å². The average Bonchev–Trinajstić information content (AvgIpc) is 3.43. The number of carbonyl (C=O) groups is 3. The highest BCUT2D eigenvalue weighted by molar-refractivity contribution is 5.71. The zero-order valence-electron chi connectivity index (χ0n) is 51.0. The summed E-state index contributed by atoms with van der Waals surface area (Å²) in [5.41, 5.74) is 0. The van der Waals surface area contributed by atoms with Crippen LogP contribution in [0.15, 0.2) is 85.1 Å². The lowest BCUT2D eigenvalue weighted by molar-refractivity contribution is -0.167. The van der Waals surface area contributed by atoms with Crippen molar-refractivity contribution >= 4 is 17.9 Å². The van der Waals surface area contributed by atoms with Gasteiger partial charge in [-0.1, -0.05) is 286 Å². The van der Waals surface area contributed by atoms with E-state index in [9.17, 15) is 14.4 Å². The van der Waals surface area contributed by atoms with Crippen molar-refractivity contribution in [2.75, 3.05) is 13.2 Å². The van der Waals surface area contributed by atoms with E-state index >= 15 is 0 Å². The minimum atomic E-state index is -0.782. The van der Waals surface area contributed by atoms with Crippen molar-refractivity contribution in [3.8, 4) is 0 Å². The molecule has 0 N–H and O–H groups in total. The smallest absolute Gasteiger partial charge is 0.306 e. The first-order chi connectivity index (χ1) is 38.0. The van der Waals surface area contributed by atoms with Crippen LogP contribution in [0.4, 0.5) is 0 Å². The fourth-order valence-electron chi connectivity index (χ4n) is 9.39. The highest BCUT2D eigenvalue weighted by atomic mass is 16.6. The van der Waals surface area contributed by atoms with Gasteiger partial charge in [-0.15, -0.1) is 0 Å². The maximum absolute atomic E-state index is 12.9. The normalized spacial score (nSPS) is 12.6. The Bertz CT molecular complexity index is 1470. The Morgan fingerprint density at radius 3 is 0.844 bits per heavy atom. The number of ether oxygens (including phenoxy) is 3. The third-order valence-electron chi connectivity index (χ3n) is 14.4. The molecule has 0 radical (unpaired) electrons. The van der Waals surface area contributed by atoms with E-state index in [1.54, 1.807) is 0 Å². The Morgan fingerprint density at radius 2 is 0.519 bits per heavy atom. The minimum Gasteiger partial charge on any atom is -0.462 e. The summed E-state index contributed by atoms with van der Waals surface area (Å²) in [6.45, 7) is 6.48. The van der Waals surface area contributed by atoms with Crippen LogP contribution in [0.1, 0.15) is 329 Å². The van der Waals surface area contributed by atoms with Crippen LogP contribution in [-0.4, -0.2) is 37.2 Å². The summed E-state index contributed by atoms with van der Waals surface area (Å²) in [4.78, 5) is 38.2. The average molecular weight is 1070 g/mol. The third-order valence-corrected chi connectivity index (χ3v) is 14.4. The first-order valence-electron chi connectivity index (χ1n) is 33.1. The number of carbonyl (C=O) groups excluding carboxylic acids is 3. The van der Waals surface area contributed by atoms with Crippen molar-refractivity contribution in [1.29, 1.82) is 0 Å². The van der Waals surface area contributed by atoms with E-state index < -0.39 is 6.10 Å². The van der Waals surface area contributed by atoms with Gasteiger partial charge in [-0.05, 0) is 109 Å². The predicted octanol–water partition coefficient (Wildman–Crippen LogP) is 22.7. The molecule has 0 spiro atoms. The molecule has 0 bridgehead atoms. The van der Waals surface area contributed by atoms with Crippen LogP contribution in [0.2, 0.25) is 0 Å². The Labute approximate surface area is 477 Å². The van der Waals surface area contributed by atoms with Gasteiger partial charge in [0.2, 0.25) is 0 Å². The molecule has 0 aromatic carbocycles. The molecule has 0 amide bonds. The van der Waals surface area contributed by atoms with E-state index in [2.05, 4.69) is 106 Å². The van der Waals surface area contributed by atoms with Crippen molar-refractivity contribution in [3.05, 3.63) is 85.1 Å². The molecule has 444 valence electrons. The quantitative estimate of drug-likeness (QED) is 0.0261. The maximum Gasteiger partial charge on any atom is 0.306 e. The zero-order chi connectivity index (χ0) is 55.7. The molecule has 0 aliphatic carbocycles. The number of hydrogen-bond acceptors (Lipinski definition) is 6. The first-order valence-corrected chi connectivity index (χ1v) is 33.1. The summed E-state index contributed by atoms with van der Waals surface area (Å²) in [7, 11) is 0. The van der Waals surface area contributed by atoms with Crippen LogP contribution in [0.3, 0.4) is 0 Å². The standard InChI is InChI=1S/C71H124O6/c1-4-7-10-13-16-19-22-24-26-28-29-30-31-32-33-34-35-36-37-38-39-40-41-43-44-46-49-52-55-58-61-64-70(73)76-67-68(66-75-69(72)63-60-57-54-51-48-21-18-15-12-9-6-3)77-71(74)65-62-59-56-53-50-47-45-42-27-25-23-20-17-14-11-8-5-2/h7,10,15-20,24-27,29-30,68H,4-6,8-9,11-14,21-23,28,31-67H2,1-3H3/b10-7-,18-15-,19-16-,20-17-,26-24-,27-25-,30-29-. The molecule has 0 aromatic rings. The fraction of sp³-hybridized carbons (Fsp3) is 0.761. The number of unbranched alkanes of at least 4 members (excludes halogenated alkanes) is 35. The van der Waals surface area contributed by atoms with Gasteiger partial charge in [-0.25, -0.2) is 0 Å². The summed E-state index contributed by atoms with van der Waals surface area (Å²) in [6, 6.07) is 0. The summed E-state index contributed by atoms with van der Waals surface area (Å²) < 4.78 is 16.9. The minimum absolute atomic E-state index is 0.0791. The van der Waals surface area contributed by atoms with Crippen molar-refractivity contribution in [3.63, 3.8) is 0 Å². The number of hydrogen-bond donors (Lipinski definition) is 0. The third kappa shape index (κ3) is 63.3. The van der Waals surface area contributed by atoms with E-state index in [-0.39, 0.29) is 31.1 Å². The first kappa shape index (κ1) is 73.6. The van der Waals surface area contributed by atoms with Crippen LogP contribution in [0, 0.1) is 0 Å². The van der Waals surface area contributed by atoms with Gasteiger partial charge in [0.25, 0.3) is 0 Å². The Morgan fingerprint density at radius 1 is 0.273 bits per heavy atom. The molecular formula is C71H124O6. The van der Waals surface area contributed by atoms with Gasteiger partial charge in [-0.2, -0.15) is 0 Å². The van der Waals surface area contributed by atoms with Crippen LogP contribution < -0.4 is 0 Å². The zero-order valence-corrected chi connectivity index (χ0v) is 51.0.